The molecule has 0 fully saturated rings. The van der Waals surface area contributed by atoms with Gasteiger partial charge in [0, 0.05) is 0 Å². The fourth-order valence-corrected chi connectivity index (χ4v) is 7.98. The molecule has 2 aromatic carbocycles. The van der Waals surface area contributed by atoms with Crippen molar-refractivity contribution in [3.05, 3.63) is 86.6 Å². The first-order valence-corrected chi connectivity index (χ1v) is 12.9. The van der Waals surface area contributed by atoms with Crippen LogP contribution in [0.5, 0.6) is 0 Å². The molecule has 4 rings (SSSR count). The van der Waals surface area contributed by atoms with E-state index in [9.17, 15) is 0 Å². The summed E-state index contributed by atoms with van der Waals surface area (Å²) in [6.45, 7) is 18.6. The van der Waals surface area contributed by atoms with Crippen molar-refractivity contribution in [2.24, 2.45) is 5.92 Å². The van der Waals surface area contributed by atoms with E-state index in [4.69, 9.17) is 0 Å². The number of hydrogen-bond acceptors (Lipinski definition) is 0. The average molecular weight is 413 g/mol. The SMILES string of the molecule is CC1=Cc2c(-c3ccc(C(C)(C)C)cc3)cccc2C1[SiH2]C1=C(C)C(C)=C(C)C1C. The van der Waals surface area contributed by atoms with Crippen molar-refractivity contribution in [3.63, 3.8) is 0 Å². The van der Waals surface area contributed by atoms with Crippen LogP contribution in [0, 0.1) is 5.92 Å². The molecule has 0 saturated carbocycles. The maximum absolute atomic E-state index is 2.47. The molecule has 0 N–H and O–H groups in total. The van der Waals surface area contributed by atoms with Crippen LogP contribution in [-0.2, 0) is 5.41 Å². The van der Waals surface area contributed by atoms with Crippen LogP contribution in [0.25, 0.3) is 17.2 Å². The zero-order chi connectivity index (χ0) is 21.8. The van der Waals surface area contributed by atoms with Gasteiger partial charge in [-0.2, -0.15) is 0 Å². The molecule has 30 heavy (non-hydrogen) atoms. The molecule has 0 saturated heterocycles. The highest BCUT2D eigenvalue weighted by Gasteiger charge is 2.31. The second kappa shape index (κ2) is 7.53. The van der Waals surface area contributed by atoms with E-state index in [0.717, 1.165) is 0 Å². The fraction of sp³-hybridized carbons (Fsp3) is 0.379. The Hall–Kier alpha value is -2.12. The molecule has 0 radical (unpaired) electrons. The lowest BCUT2D eigenvalue weighted by molar-refractivity contribution is 0.590. The van der Waals surface area contributed by atoms with Gasteiger partial charge < -0.3 is 0 Å². The molecule has 2 unspecified atom stereocenters. The van der Waals surface area contributed by atoms with Gasteiger partial charge in [0.15, 0.2) is 0 Å². The van der Waals surface area contributed by atoms with Gasteiger partial charge in [0.25, 0.3) is 0 Å². The number of allylic oxidation sites excluding steroid dienone is 5. The zero-order valence-electron chi connectivity index (χ0n) is 20.0. The van der Waals surface area contributed by atoms with Crippen molar-refractivity contribution in [1.29, 1.82) is 0 Å². The lowest BCUT2D eigenvalue weighted by Gasteiger charge is -2.21. The van der Waals surface area contributed by atoms with E-state index < -0.39 is 9.52 Å². The van der Waals surface area contributed by atoms with Gasteiger partial charge in [-0.3, -0.25) is 0 Å². The Kier molecular flexibility index (Phi) is 5.30. The summed E-state index contributed by atoms with van der Waals surface area (Å²) in [7, 11) is -0.402. The predicted octanol–water partition coefficient (Wildman–Crippen LogP) is 7.54. The van der Waals surface area contributed by atoms with E-state index >= 15 is 0 Å². The van der Waals surface area contributed by atoms with E-state index in [1.54, 1.807) is 27.5 Å². The summed E-state index contributed by atoms with van der Waals surface area (Å²) in [6.07, 6.45) is 2.47. The summed E-state index contributed by atoms with van der Waals surface area (Å²) in [5.41, 5.74) is 14.2. The minimum absolute atomic E-state index is 0.193. The molecular weight excluding hydrogens is 376 g/mol. The minimum atomic E-state index is -0.402. The first-order valence-electron chi connectivity index (χ1n) is 11.4. The van der Waals surface area contributed by atoms with Crippen LogP contribution in [0.1, 0.15) is 77.6 Å². The zero-order valence-corrected chi connectivity index (χ0v) is 21.4. The molecule has 0 amide bonds. The van der Waals surface area contributed by atoms with Gasteiger partial charge in [0.05, 0.1) is 9.52 Å². The summed E-state index contributed by atoms with van der Waals surface area (Å²) in [6, 6.07) is 16.2. The smallest absolute Gasteiger partial charge is 0.0635 e. The van der Waals surface area contributed by atoms with E-state index in [1.807, 2.05) is 0 Å². The van der Waals surface area contributed by atoms with Crippen molar-refractivity contribution in [2.45, 2.75) is 66.3 Å². The Labute approximate surface area is 185 Å². The molecule has 0 nitrogen and oxygen atoms in total. The van der Waals surface area contributed by atoms with Crippen molar-refractivity contribution >= 4 is 15.6 Å². The molecule has 0 aliphatic heterocycles. The highest BCUT2D eigenvalue weighted by atomic mass is 28.2. The van der Waals surface area contributed by atoms with Crippen LogP contribution in [0.15, 0.2) is 70.0 Å². The molecule has 0 heterocycles. The Balaban J connectivity index is 1.69. The summed E-state index contributed by atoms with van der Waals surface area (Å²) >= 11 is 0. The lowest BCUT2D eigenvalue weighted by atomic mass is 9.86. The molecule has 2 aliphatic rings. The van der Waals surface area contributed by atoms with Crippen LogP contribution in [0.4, 0.5) is 0 Å². The normalized spacial score (nSPS) is 21.8. The molecule has 1 heteroatoms. The number of rotatable bonds is 3. The Bertz CT molecular complexity index is 1080. The van der Waals surface area contributed by atoms with Crippen LogP contribution >= 0.6 is 0 Å². The number of fused-ring (bicyclic) bond motifs is 1. The third-order valence-corrected chi connectivity index (χ3v) is 10.8. The number of benzene rings is 2. The van der Waals surface area contributed by atoms with E-state index in [2.05, 4.69) is 104 Å². The largest absolute Gasteiger partial charge is 0.0771 e. The van der Waals surface area contributed by atoms with Gasteiger partial charge in [-0.15, -0.1) is 0 Å². The van der Waals surface area contributed by atoms with E-state index in [-0.39, 0.29) is 5.41 Å². The third kappa shape index (κ3) is 3.48. The van der Waals surface area contributed by atoms with Crippen molar-refractivity contribution in [3.8, 4) is 11.1 Å². The summed E-state index contributed by atoms with van der Waals surface area (Å²) in [5.74, 6) is 0.640. The summed E-state index contributed by atoms with van der Waals surface area (Å²) in [4.78, 5) is 0. The van der Waals surface area contributed by atoms with Gasteiger partial charge in [-0.25, -0.2) is 0 Å². The van der Waals surface area contributed by atoms with Gasteiger partial charge in [-0.1, -0.05) is 98.2 Å². The monoisotopic (exact) mass is 412 g/mol. The second-order valence-electron chi connectivity index (χ2n) is 10.5. The third-order valence-electron chi connectivity index (χ3n) is 7.73. The molecule has 2 aliphatic carbocycles. The lowest BCUT2D eigenvalue weighted by Crippen LogP contribution is -2.15. The molecular formula is C29H36Si. The van der Waals surface area contributed by atoms with Crippen molar-refractivity contribution in [1.82, 2.24) is 0 Å². The van der Waals surface area contributed by atoms with Gasteiger partial charge in [-0.05, 0) is 78.0 Å². The Morgan fingerprint density at radius 2 is 1.50 bits per heavy atom. The summed E-state index contributed by atoms with van der Waals surface area (Å²) < 4.78 is 0. The van der Waals surface area contributed by atoms with Gasteiger partial charge in [0.2, 0.25) is 0 Å². The van der Waals surface area contributed by atoms with Crippen LogP contribution in [0.2, 0.25) is 0 Å². The first kappa shape index (κ1) is 21.1. The summed E-state index contributed by atoms with van der Waals surface area (Å²) in [5, 5.41) is 1.77. The van der Waals surface area contributed by atoms with E-state index in [1.165, 1.54) is 27.8 Å². The van der Waals surface area contributed by atoms with Crippen LogP contribution in [-0.4, -0.2) is 9.52 Å². The van der Waals surface area contributed by atoms with Gasteiger partial charge in [0.1, 0.15) is 0 Å². The first-order chi connectivity index (χ1) is 14.1. The maximum Gasteiger partial charge on any atom is 0.0635 e. The quantitative estimate of drug-likeness (QED) is 0.457. The Morgan fingerprint density at radius 1 is 0.833 bits per heavy atom. The topological polar surface area (TPSA) is 0 Å². The predicted molar refractivity (Wildman–Crippen MR) is 136 cm³/mol. The molecule has 2 aromatic rings. The maximum atomic E-state index is 2.47. The molecule has 2 atom stereocenters. The molecule has 0 spiro atoms. The minimum Gasteiger partial charge on any atom is -0.0771 e. The highest BCUT2D eigenvalue weighted by molar-refractivity contribution is 6.49. The fourth-order valence-electron chi connectivity index (χ4n) is 5.29. The van der Waals surface area contributed by atoms with Crippen molar-refractivity contribution in [2.75, 3.05) is 0 Å². The molecule has 0 aromatic heterocycles. The standard InChI is InChI=1S/C29H36Si/c1-17-16-26-24(22-12-14-23(15-13-22)29(6,7)8)10-9-11-25(26)27(17)30-28-20(4)18(2)19(3)21(28)5/h9-16,20,27H,30H2,1-8H3. The number of hydrogen-bond donors (Lipinski definition) is 0. The van der Waals surface area contributed by atoms with Crippen LogP contribution in [0.3, 0.4) is 0 Å². The van der Waals surface area contributed by atoms with Crippen LogP contribution < -0.4 is 0 Å². The molecule has 156 valence electrons. The van der Waals surface area contributed by atoms with Crippen molar-refractivity contribution < 1.29 is 0 Å². The Morgan fingerprint density at radius 3 is 2.07 bits per heavy atom. The van der Waals surface area contributed by atoms with Gasteiger partial charge >= 0.3 is 0 Å². The average Bonchev–Trinajstić information content (AvgIpc) is 3.12. The van der Waals surface area contributed by atoms with E-state index in [0.29, 0.717) is 11.5 Å². The second-order valence-corrected chi connectivity index (χ2v) is 12.4. The highest BCUT2D eigenvalue weighted by Crippen LogP contribution is 2.44. The molecule has 0 bridgehead atoms.